The van der Waals surface area contributed by atoms with E-state index in [4.69, 9.17) is 0 Å². The molecule has 4 rings (SSSR count). The second kappa shape index (κ2) is 8.05. The summed E-state index contributed by atoms with van der Waals surface area (Å²) in [4.78, 5) is 13.0. The third-order valence-corrected chi connectivity index (χ3v) is 10.4. The van der Waals surface area contributed by atoms with Crippen molar-refractivity contribution in [1.29, 1.82) is 0 Å². The molecule has 8 atom stereocenters. The molecule has 30 heavy (non-hydrogen) atoms. The van der Waals surface area contributed by atoms with Crippen LogP contribution in [0, 0.1) is 46.3 Å². The van der Waals surface area contributed by atoms with E-state index in [-0.39, 0.29) is 11.5 Å². The Labute approximate surface area is 185 Å². The normalized spacial score (nSPS) is 44.7. The Morgan fingerprint density at radius 1 is 1.03 bits per heavy atom. The molecule has 0 bridgehead atoms. The topological polar surface area (TPSA) is 37.3 Å². The molecule has 0 spiro atoms. The van der Waals surface area contributed by atoms with Crippen molar-refractivity contribution in [3.8, 4) is 0 Å². The Balaban J connectivity index is 1.66. The molecule has 3 saturated carbocycles. The zero-order chi connectivity index (χ0) is 21.8. The highest BCUT2D eigenvalue weighted by atomic mass is 16.3. The number of allylic oxidation sites excluding steroid dienone is 2. The summed E-state index contributed by atoms with van der Waals surface area (Å²) < 4.78 is 0. The first-order chi connectivity index (χ1) is 14.1. The van der Waals surface area contributed by atoms with Gasteiger partial charge in [0.1, 0.15) is 0 Å². The number of carbonyl (C=O) groups excluding carboxylic acids is 1. The summed E-state index contributed by atoms with van der Waals surface area (Å²) in [6, 6.07) is 0. The van der Waals surface area contributed by atoms with Gasteiger partial charge in [0.2, 0.25) is 0 Å². The van der Waals surface area contributed by atoms with E-state index in [0.29, 0.717) is 23.0 Å². The molecule has 2 heteroatoms. The molecule has 0 aromatic rings. The molecule has 1 N–H and O–H groups in total. The van der Waals surface area contributed by atoms with E-state index >= 15 is 0 Å². The SMILES string of the molecule is CC[C@@H]1CCC2C3CCC4(C)CC(=O)C(C(C)C)=C4C3CCC2C1(C)CCC(C)O. The molecule has 2 nitrogen and oxygen atoms in total. The molecule has 0 heterocycles. The molecule has 170 valence electrons. The van der Waals surface area contributed by atoms with Gasteiger partial charge in [-0.3, -0.25) is 4.79 Å². The van der Waals surface area contributed by atoms with Crippen LogP contribution in [0.1, 0.15) is 106 Å². The molecule has 3 fully saturated rings. The van der Waals surface area contributed by atoms with Gasteiger partial charge in [0, 0.05) is 6.42 Å². The van der Waals surface area contributed by atoms with Gasteiger partial charge in [0.05, 0.1) is 6.10 Å². The highest BCUT2D eigenvalue weighted by molar-refractivity contribution is 6.00. The smallest absolute Gasteiger partial charge is 0.159 e. The molecule has 4 aliphatic rings. The van der Waals surface area contributed by atoms with Crippen LogP contribution in [-0.2, 0) is 4.79 Å². The van der Waals surface area contributed by atoms with Crippen LogP contribution in [-0.4, -0.2) is 17.0 Å². The third-order valence-electron chi connectivity index (χ3n) is 10.4. The number of ketones is 1. The van der Waals surface area contributed by atoms with E-state index in [1.807, 2.05) is 6.92 Å². The van der Waals surface area contributed by atoms with Crippen molar-refractivity contribution >= 4 is 5.78 Å². The Morgan fingerprint density at radius 3 is 2.40 bits per heavy atom. The summed E-state index contributed by atoms with van der Waals surface area (Å²) in [6.45, 7) is 13.8. The minimum atomic E-state index is -0.185. The van der Waals surface area contributed by atoms with Crippen LogP contribution >= 0.6 is 0 Å². The maximum absolute atomic E-state index is 13.0. The van der Waals surface area contributed by atoms with Crippen LogP contribution in [0.3, 0.4) is 0 Å². The first-order valence-corrected chi connectivity index (χ1v) is 13.1. The van der Waals surface area contributed by atoms with Crippen LogP contribution in [0.4, 0.5) is 0 Å². The van der Waals surface area contributed by atoms with Crippen LogP contribution in [0.25, 0.3) is 0 Å². The van der Waals surface area contributed by atoms with Crippen molar-refractivity contribution in [2.75, 3.05) is 0 Å². The molecule has 0 aromatic carbocycles. The monoisotopic (exact) mass is 414 g/mol. The zero-order valence-corrected chi connectivity index (χ0v) is 20.5. The van der Waals surface area contributed by atoms with Crippen molar-refractivity contribution in [3.05, 3.63) is 11.1 Å². The van der Waals surface area contributed by atoms with Gasteiger partial charge in [0.15, 0.2) is 5.78 Å². The number of Topliss-reactive ketones (excluding diaryl/α,β-unsaturated/α-hetero) is 1. The van der Waals surface area contributed by atoms with Gasteiger partial charge in [-0.1, -0.05) is 46.6 Å². The summed E-state index contributed by atoms with van der Waals surface area (Å²) in [7, 11) is 0. The van der Waals surface area contributed by atoms with Crippen molar-refractivity contribution in [2.45, 2.75) is 112 Å². The van der Waals surface area contributed by atoms with Crippen molar-refractivity contribution < 1.29 is 9.90 Å². The first kappa shape index (κ1) is 22.6. The Hall–Kier alpha value is -0.630. The number of hydrogen-bond donors (Lipinski definition) is 1. The lowest BCUT2D eigenvalue weighted by Gasteiger charge is -2.60. The summed E-state index contributed by atoms with van der Waals surface area (Å²) in [5, 5.41) is 10.0. The highest BCUT2D eigenvalue weighted by Gasteiger charge is 2.57. The summed E-state index contributed by atoms with van der Waals surface area (Å²) in [5.74, 6) is 4.72. The Bertz CT molecular complexity index is 703. The average Bonchev–Trinajstić information content (AvgIpc) is 2.96. The molecule has 0 aromatic heterocycles. The second-order valence-electron chi connectivity index (χ2n) is 12.4. The Kier molecular flexibility index (Phi) is 6.06. The van der Waals surface area contributed by atoms with Crippen molar-refractivity contribution in [1.82, 2.24) is 0 Å². The van der Waals surface area contributed by atoms with E-state index < -0.39 is 0 Å². The lowest BCUT2D eigenvalue weighted by atomic mass is 9.45. The maximum Gasteiger partial charge on any atom is 0.159 e. The second-order valence-corrected chi connectivity index (χ2v) is 12.4. The highest BCUT2D eigenvalue weighted by Crippen LogP contribution is 2.65. The maximum atomic E-state index is 13.0. The van der Waals surface area contributed by atoms with E-state index in [1.165, 1.54) is 56.9 Å². The number of fused-ring (bicyclic) bond motifs is 5. The van der Waals surface area contributed by atoms with Gasteiger partial charge in [-0.25, -0.2) is 0 Å². The predicted octanol–water partition coefficient (Wildman–Crippen LogP) is 6.96. The molecule has 7 unspecified atom stereocenters. The first-order valence-electron chi connectivity index (χ1n) is 13.1. The van der Waals surface area contributed by atoms with E-state index in [1.54, 1.807) is 5.57 Å². The average molecular weight is 415 g/mol. The van der Waals surface area contributed by atoms with Crippen LogP contribution in [0.5, 0.6) is 0 Å². The number of rotatable bonds is 5. The van der Waals surface area contributed by atoms with Crippen LogP contribution in [0.15, 0.2) is 11.1 Å². The van der Waals surface area contributed by atoms with Gasteiger partial charge in [0.25, 0.3) is 0 Å². The molecule has 0 saturated heterocycles. The molecular weight excluding hydrogens is 368 g/mol. The zero-order valence-electron chi connectivity index (χ0n) is 20.5. The number of carbonyl (C=O) groups is 1. The lowest BCUT2D eigenvalue weighted by molar-refractivity contribution is -0.116. The molecule has 4 aliphatic carbocycles. The fourth-order valence-corrected chi connectivity index (χ4v) is 9.01. The predicted molar refractivity (Wildman–Crippen MR) is 124 cm³/mol. The fourth-order valence-electron chi connectivity index (χ4n) is 9.01. The van der Waals surface area contributed by atoms with Gasteiger partial charge in [-0.2, -0.15) is 0 Å². The quantitative estimate of drug-likeness (QED) is 0.528. The number of aliphatic hydroxyl groups excluding tert-OH is 1. The minimum absolute atomic E-state index is 0.154. The fraction of sp³-hybridized carbons (Fsp3) is 0.893. The van der Waals surface area contributed by atoms with Gasteiger partial charge in [-0.05, 0) is 110 Å². The van der Waals surface area contributed by atoms with E-state index in [9.17, 15) is 9.90 Å². The van der Waals surface area contributed by atoms with Gasteiger partial charge < -0.3 is 5.11 Å². The lowest BCUT2D eigenvalue weighted by Crippen LogP contribution is -2.51. The largest absolute Gasteiger partial charge is 0.393 e. The van der Waals surface area contributed by atoms with Crippen LogP contribution in [0.2, 0.25) is 0 Å². The van der Waals surface area contributed by atoms with Crippen molar-refractivity contribution in [3.63, 3.8) is 0 Å². The third kappa shape index (κ3) is 3.44. The molecule has 0 amide bonds. The molecule has 0 radical (unpaired) electrons. The molecule has 0 aliphatic heterocycles. The molecular formula is C28H46O2. The van der Waals surface area contributed by atoms with E-state index in [2.05, 4.69) is 34.6 Å². The van der Waals surface area contributed by atoms with Crippen molar-refractivity contribution in [2.24, 2.45) is 46.3 Å². The van der Waals surface area contributed by atoms with Gasteiger partial charge >= 0.3 is 0 Å². The van der Waals surface area contributed by atoms with Crippen LogP contribution < -0.4 is 0 Å². The minimum Gasteiger partial charge on any atom is -0.393 e. The number of hydrogen-bond acceptors (Lipinski definition) is 2. The summed E-state index contributed by atoms with van der Waals surface area (Å²) >= 11 is 0. The van der Waals surface area contributed by atoms with E-state index in [0.717, 1.165) is 36.5 Å². The summed E-state index contributed by atoms with van der Waals surface area (Å²) in [6.07, 6.45) is 11.9. The van der Waals surface area contributed by atoms with Gasteiger partial charge in [-0.15, -0.1) is 0 Å². The standard InChI is InChI=1S/C28H46O2/c1-7-19-8-9-21-20-13-14-27(5)16-24(30)25(17(2)3)26(27)22(20)10-11-23(21)28(19,6)15-12-18(4)29/h17-23,29H,7-16H2,1-6H3/t18?,19-,20?,21?,22?,23?,27?,28?/m1/s1. The Morgan fingerprint density at radius 2 is 1.77 bits per heavy atom. The summed E-state index contributed by atoms with van der Waals surface area (Å²) in [5.41, 5.74) is 3.37. The number of aliphatic hydroxyl groups is 1.